The second-order valence-corrected chi connectivity index (χ2v) is 4.77. The molecule has 0 aliphatic rings. The molecule has 0 spiro atoms. The highest BCUT2D eigenvalue weighted by atomic mass is 16.3. The Labute approximate surface area is 102 Å². The number of aliphatic hydroxyl groups excluding tert-OH is 1. The first-order valence-corrected chi connectivity index (χ1v) is 7.20. The van der Waals surface area contributed by atoms with Crippen molar-refractivity contribution in [1.29, 1.82) is 0 Å². The van der Waals surface area contributed by atoms with Crippen molar-refractivity contribution in [2.75, 3.05) is 13.1 Å². The molecule has 2 N–H and O–H groups in total. The van der Waals surface area contributed by atoms with Crippen LogP contribution >= 0.6 is 0 Å². The van der Waals surface area contributed by atoms with Gasteiger partial charge in [0.2, 0.25) is 0 Å². The van der Waals surface area contributed by atoms with Crippen molar-refractivity contribution in [2.45, 2.75) is 77.7 Å². The van der Waals surface area contributed by atoms with Gasteiger partial charge >= 0.3 is 0 Å². The molecule has 1 atom stereocenters. The van der Waals surface area contributed by atoms with Crippen LogP contribution < -0.4 is 5.32 Å². The van der Waals surface area contributed by atoms with Crippen LogP contribution in [0.15, 0.2) is 0 Å². The van der Waals surface area contributed by atoms with Gasteiger partial charge in [0.1, 0.15) is 0 Å². The summed E-state index contributed by atoms with van der Waals surface area (Å²) in [7, 11) is 0. The van der Waals surface area contributed by atoms with Gasteiger partial charge in [0.15, 0.2) is 0 Å². The van der Waals surface area contributed by atoms with Crippen LogP contribution in [0.2, 0.25) is 0 Å². The van der Waals surface area contributed by atoms with Crippen LogP contribution in [-0.4, -0.2) is 24.3 Å². The fraction of sp³-hybridized carbons (Fsp3) is 1.00. The quantitative estimate of drug-likeness (QED) is 0.502. The molecule has 0 aromatic carbocycles. The molecule has 16 heavy (non-hydrogen) atoms. The molecular formula is C14H31NO. The molecule has 0 radical (unpaired) electrons. The summed E-state index contributed by atoms with van der Waals surface area (Å²) in [4.78, 5) is 0. The zero-order valence-electron chi connectivity index (χ0n) is 11.3. The lowest BCUT2D eigenvalue weighted by Gasteiger charge is -2.11. The van der Waals surface area contributed by atoms with Gasteiger partial charge in [-0.1, -0.05) is 58.8 Å². The van der Waals surface area contributed by atoms with E-state index in [0.29, 0.717) is 0 Å². The molecule has 0 bridgehead atoms. The summed E-state index contributed by atoms with van der Waals surface area (Å²) in [6, 6.07) is 0. The van der Waals surface area contributed by atoms with E-state index in [1.165, 1.54) is 51.4 Å². The molecule has 0 rings (SSSR count). The van der Waals surface area contributed by atoms with Gasteiger partial charge in [-0.05, 0) is 19.4 Å². The van der Waals surface area contributed by atoms with Crippen LogP contribution in [0.4, 0.5) is 0 Å². The number of unbranched alkanes of at least 4 members (excludes halogenated alkanes) is 6. The van der Waals surface area contributed by atoms with E-state index in [2.05, 4.69) is 19.2 Å². The van der Waals surface area contributed by atoms with E-state index in [1.807, 2.05) is 0 Å². The van der Waals surface area contributed by atoms with E-state index in [1.54, 1.807) is 0 Å². The van der Waals surface area contributed by atoms with Gasteiger partial charge < -0.3 is 10.4 Å². The number of nitrogens with one attached hydrogen (secondary N) is 1. The minimum absolute atomic E-state index is 0.136. The summed E-state index contributed by atoms with van der Waals surface area (Å²) >= 11 is 0. The van der Waals surface area contributed by atoms with Crippen LogP contribution in [0.1, 0.15) is 71.6 Å². The fourth-order valence-electron chi connectivity index (χ4n) is 1.83. The molecule has 98 valence electrons. The van der Waals surface area contributed by atoms with Crippen LogP contribution in [-0.2, 0) is 0 Å². The van der Waals surface area contributed by atoms with Crippen molar-refractivity contribution in [1.82, 2.24) is 5.32 Å². The molecule has 0 fully saturated rings. The Morgan fingerprint density at radius 1 is 0.875 bits per heavy atom. The highest BCUT2D eigenvalue weighted by Crippen LogP contribution is 2.08. The summed E-state index contributed by atoms with van der Waals surface area (Å²) in [5.41, 5.74) is 0. The number of aliphatic hydroxyl groups is 1. The van der Waals surface area contributed by atoms with Crippen molar-refractivity contribution in [3.63, 3.8) is 0 Å². The highest BCUT2D eigenvalue weighted by molar-refractivity contribution is 4.59. The highest BCUT2D eigenvalue weighted by Gasteiger charge is 2.02. The lowest BCUT2D eigenvalue weighted by molar-refractivity contribution is 0.158. The van der Waals surface area contributed by atoms with Crippen LogP contribution in [0.5, 0.6) is 0 Å². The van der Waals surface area contributed by atoms with Crippen molar-refractivity contribution in [3.8, 4) is 0 Å². The van der Waals surface area contributed by atoms with Gasteiger partial charge in [-0.2, -0.15) is 0 Å². The Kier molecular flexibility index (Phi) is 12.9. The van der Waals surface area contributed by atoms with Crippen molar-refractivity contribution in [3.05, 3.63) is 0 Å². The largest absolute Gasteiger partial charge is 0.392 e. The first-order chi connectivity index (χ1) is 7.81. The van der Waals surface area contributed by atoms with Gasteiger partial charge in [-0.15, -0.1) is 0 Å². The minimum Gasteiger partial charge on any atom is -0.392 e. The molecule has 1 unspecified atom stereocenters. The lowest BCUT2D eigenvalue weighted by Crippen LogP contribution is -2.27. The third-order valence-corrected chi connectivity index (χ3v) is 2.98. The molecular weight excluding hydrogens is 198 g/mol. The summed E-state index contributed by atoms with van der Waals surface area (Å²) in [5, 5.41) is 13.0. The second kappa shape index (κ2) is 13.0. The SMILES string of the molecule is CCCCCCCCC(O)CNCCCC. The molecule has 0 saturated carbocycles. The van der Waals surface area contributed by atoms with E-state index >= 15 is 0 Å². The third-order valence-electron chi connectivity index (χ3n) is 2.98. The van der Waals surface area contributed by atoms with Gasteiger partial charge in [0, 0.05) is 6.54 Å². The van der Waals surface area contributed by atoms with Gasteiger partial charge in [0.25, 0.3) is 0 Å². The molecule has 0 saturated heterocycles. The fourth-order valence-corrected chi connectivity index (χ4v) is 1.83. The van der Waals surface area contributed by atoms with E-state index in [4.69, 9.17) is 0 Å². The molecule has 0 aromatic rings. The molecule has 0 aliphatic heterocycles. The maximum atomic E-state index is 9.69. The number of hydrogen-bond donors (Lipinski definition) is 2. The molecule has 0 aliphatic carbocycles. The number of hydrogen-bond acceptors (Lipinski definition) is 2. The van der Waals surface area contributed by atoms with E-state index in [-0.39, 0.29) is 6.10 Å². The molecule has 0 amide bonds. The van der Waals surface area contributed by atoms with Crippen LogP contribution in [0.3, 0.4) is 0 Å². The zero-order valence-corrected chi connectivity index (χ0v) is 11.3. The molecule has 0 aromatic heterocycles. The molecule has 2 heteroatoms. The Morgan fingerprint density at radius 3 is 2.19 bits per heavy atom. The Morgan fingerprint density at radius 2 is 1.50 bits per heavy atom. The maximum Gasteiger partial charge on any atom is 0.0664 e. The first-order valence-electron chi connectivity index (χ1n) is 7.20. The van der Waals surface area contributed by atoms with E-state index in [0.717, 1.165) is 19.5 Å². The van der Waals surface area contributed by atoms with Crippen LogP contribution in [0, 0.1) is 0 Å². The predicted octanol–water partition coefficient (Wildman–Crippen LogP) is 3.49. The van der Waals surface area contributed by atoms with Gasteiger partial charge in [0.05, 0.1) is 6.10 Å². The monoisotopic (exact) mass is 229 g/mol. The van der Waals surface area contributed by atoms with Gasteiger partial charge in [-0.3, -0.25) is 0 Å². The van der Waals surface area contributed by atoms with Crippen molar-refractivity contribution < 1.29 is 5.11 Å². The van der Waals surface area contributed by atoms with E-state index < -0.39 is 0 Å². The van der Waals surface area contributed by atoms with Crippen molar-refractivity contribution in [2.24, 2.45) is 0 Å². The Hall–Kier alpha value is -0.0800. The second-order valence-electron chi connectivity index (χ2n) is 4.77. The summed E-state index contributed by atoms with van der Waals surface area (Å²) < 4.78 is 0. The van der Waals surface area contributed by atoms with Crippen molar-refractivity contribution >= 4 is 0 Å². The topological polar surface area (TPSA) is 32.3 Å². The zero-order chi connectivity index (χ0) is 12.1. The summed E-state index contributed by atoms with van der Waals surface area (Å²) in [6.45, 7) is 6.25. The number of rotatable bonds is 12. The minimum atomic E-state index is -0.136. The predicted molar refractivity (Wildman–Crippen MR) is 71.8 cm³/mol. The Balaban J connectivity index is 3.08. The summed E-state index contributed by atoms with van der Waals surface area (Å²) in [5.74, 6) is 0. The first kappa shape index (κ1) is 15.9. The standard InChI is InChI=1S/C14H31NO/c1-3-5-7-8-9-10-11-14(16)13-15-12-6-4-2/h14-16H,3-13H2,1-2H3. The third kappa shape index (κ3) is 12.0. The average Bonchev–Trinajstić information content (AvgIpc) is 2.29. The molecule has 0 heterocycles. The maximum absolute atomic E-state index is 9.69. The van der Waals surface area contributed by atoms with E-state index in [9.17, 15) is 5.11 Å². The normalized spacial score (nSPS) is 12.9. The van der Waals surface area contributed by atoms with Gasteiger partial charge in [-0.25, -0.2) is 0 Å². The van der Waals surface area contributed by atoms with Crippen LogP contribution in [0.25, 0.3) is 0 Å². The Bertz CT molecular complexity index is 128. The summed E-state index contributed by atoms with van der Waals surface area (Å²) in [6.07, 6.45) is 11.1. The molecule has 2 nitrogen and oxygen atoms in total. The lowest BCUT2D eigenvalue weighted by atomic mass is 10.1. The smallest absolute Gasteiger partial charge is 0.0664 e. The average molecular weight is 229 g/mol.